The number of carbonyl (C=O) groups is 1. The predicted octanol–water partition coefficient (Wildman–Crippen LogP) is 4.51. The molecule has 4 aromatic rings. The van der Waals surface area contributed by atoms with E-state index in [9.17, 15) is 13.2 Å². The summed E-state index contributed by atoms with van der Waals surface area (Å²) >= 11 is 6.30. The predicted molar refractivity (Wildman–Crippen MR) is 127 cm³/mol. The van der Waals surface area contributed by atoms with E-state index < -0.39 is 10.0 Å². The number of hydrogen-bond acceptors (Lipinski definition) is 4. The van der Waals surface area contributed by atoms with E-state index in [4.69, 9.17) is 16.3 Å². The first-order valence-corrected chi connectivity index (χ1v) is 12.4. The fourth-order valence-electron chi connectivity index (χ4n) is 4.10. The number of carbonyl (C=O) groups excluding carboxylic acids is 1. The molecule has 1 saturated heterocycles. The van der Waals surface area contributed by atoms with Gasteiger partial charge in [0, 0.05) is 35.9 Å². The van der Waals surface area contributed by atoms with Crippen molar-refractivity contribution in [2.75, 3.05) is 26.3 Å². The first kappa shape index (κ1) is 21.9. The molecule has 0 unspecified atom stereocenters. The van der Waals surface area contributed by atoms with Crippen molar-refractivity contribution in [3.8, 4) is 11.1 Å². The van der Waals surface area contributed by atoms with Crippen LogP contribution in [-0.4, -0.2) is 49.2 Å². The number of benzene rings is 2. The Bertz CT molecular complexity index is 1440. The summed E-state index contributed by atoms with van der Waals surface area (Å²) in [6, 6.07) is 21.7. The van der Waals surface area contributed by atoms with Gasteiger partial charge in [-0.15, -0.1) is 0 Å². The lowest BCUT2D eigenvalue weighted by atomic mass is 10.0. The van der Waals surface area contributed by atoms with Crippen LogP contribution < -0.4 is 0 Å². The molecule has 0 bridgehead atoms. The van der Waals surface area contributed by atoms with Crippen molar-refractivity contribution in [2.45, 2.75) is 4.90 Å². The molecule has 2 aromatic carbocycles. The van der Waals surface area contributed by atoms with Crippen molar-refractivity contribution in [3.63, 3.8) is 0 Å². The maximum Gasteiger partial charge on any atom is 0.244 e. The molecular formula is C25H21ClN2O4S. The molecule has 33 heavy (non-hydrogen) atoms. The van der Waals surface area contributed by atoms with Crippen molar-refractivity contribution < 1.29 is 17.9 Å². The average Bonchev–Trinajstić information content (AvgIpc) is 3.24. The molecule has 0 aliphatic carbocycles. The largest absolute Gasteiger partial charge is 0.379 e. The highest BCUT2D eigenvalue weighted by Gasteiger charge is 2.30. The lowest BCUT2D eigenvalue weighted by molar-refractivity contribution is 0.0730. The van der Waals surface area contributed by atoms with Gasteiger partial charge >= 0.3 is 0 Å². The maximum atomic E-state index is 13.8. The second-order valence-corrected chi connectivity index (χ2v) is 10.1. The normalized spacial score (nSPS) is 15.1. The van der Waals surface area contributed by atoms with Gasteiger partial charge in [0.15, 0.2) is 0 Å². The van der Waals surface area contributed by atoms with Gasteiger partial charge in [-0.1, -0.05) is 48.0 Å². The molecule has 168 valence electrons. The van der Waals surface area contributed by atoms with Crippen molar-refractivity contribution in [3.05, 3.63) is 95.3 Å². The maximum absolute atomic E-state index is 13.8. The van der Waals surface area contributed by atoms with Gasteiger partial charge in [-0.2, -0.15) is 4.31 Å². The van der Waals surface area contributed by atoms with Gasteiger partial charge in [0.25, 0.3) is 0 Å². The van der Waals surface area contributed by atoms with Crippen LogP contribution in [0, 0.1) is 0 Å². The zero-order valence-corrected chi connectivity index (χ0v) is 19.2. The molecule has 1 aliphatic rings. The molecule has 8 heteroatoms. The van der Waals surface area contributed by atoms with E-state index in [-0.39, 0.29) is 34.4 Å². The molecule has 5 rings (SSSR count). The smallest absolute Gasteiger partial charge is 0.244 e. The van der Waals surface area contributed by atoms with Gasteiger partial charge in [-0.05, 0) is 42.0 Å². The van der Waals surface area contributed by atoms with E-state index in [0.717, 1.165) is 16.6 Å². The van der Waals surface area contributed by atoms with E-state index in [0.29, 0.717) is 18.9 Å². The second-order valence-electron chi connectivity index (χ2n) is 7.76. The Morgan fingerprint density at radius 1 is 0.909 bits per heavy atom. The molecule has 2 aromatic heterocycles. The van der Waals surface area contributed by atoms with Crippen LogP contribution in [0.3, 0.4) is 0 Å². The first-order valence-electron chi connectivity index (χ1n) is 10.5. The fraction of sp³-hybridized carbons (Fsp3) is 0.160. The summed E-state index contributed by atoms with van der Waals surface area (Å²) in [5.41, 5.74) is 3.27. The first-order chi connectivity index (χ1) is 16.0. The van der Waals surface area contributed by atoms with Gasteiger partial charge < -0.3 is 9.14 Å². The Labute approximate surface area is 197 Å². The van der Waals surface area contributed by atoms with Crippen LogP contribution in [0.4, 0.5) is 0 Å². The van der Waals surface area contributed by atoms with Crippen molar-refractivity contribution in [2.24, 2.45) is 0 Å². The van der Waals surface area contributed by atoms with Crippen LogP contribution in [0.25, 0.3) is 16.6 Å². The fourth-order valence-corrected chi connectivity index (χ4v) is 6.01. The molecule has 3 heterocycles. The molecule has 6 nitrogen and oxygen atoms in total. The Morgan fingerprint density at radius 3 is 2.39 bits per heavy atom. The Hall–Kier alpha value is -2.97. The zero-order chi connectivity index (χ0) is 23.0. The third kappa shape index (κ3) is 3.98. The molecule has 0 saturated carbocycles. The number of pyridine rings is 1. The van der Waals surface area contributed by atoms with Gasteiger partial charge in [0.1, 0.15) is 10.6 Å². The lowest BCUT2D eigenvalue weighted by Crippen LogP contribution is -2.40. The van der Waals surface area contributed by atoms with Crippen molar-refractivity contribution in [1.29, 1.82) is 0 Å². The number of halogens is 1. The minimum Gasteiger partial charge on any atom is -0.379 e. The molecule has 1 fully saturated rings. The topological polar surface area (TPSA) is 68.1 Å². The number of hydrogen-bond donors (Lipinski definition) is 0. The number of fused-ring (bicyclic) bond motifs is 1. The van der Waals surface area contributed by atoms with Crippen LogP contribution in [0.2, 0.25) is 5.02 Å². The summed E-state index contributed by atoms with van der Waals surface area (Å²) in [7, 11) is -3.86. The van der Waals surface area contributed by atoms with Crippen molar-refractivity contribution >= 4 is 32.9 Å². The Kier molecular flexibility index (Phi) is 5.80. The summed E-state index contributed by atoms with van der Waals surface area (Å²) < 4.78 is 34.9. The summed E-state index contributed by atoms with van der Waals surface area (Å²) in [5, 5.41) is 0.0846. The number of ketones is 1. The van der Waals surface area contributed by atoms with E-state index >= 15 is 0 Å². The monoisotopic (exact) mass is 480 g/mol. The van der Waals surface area contributed by atoms with E-state index in [1.54, 1.807) is 6.07 Å². The summed E-state index contributed by atoms with van der Waals surface area (Å²) in [6.45, 7) is 1.15. The molecule has 0 spiro atoms. The number of aromatic nitrogens is 1. The van der Waals surface area contributed by atoms with Gasteiger partial charge in [-0.3, -0.25) is 4.79 Å². The van der Waals surface area contributed by atoms with Crippen LogP contribution in [-0.2, 0) is 14.8 Å². The summed E-state index contributed by atoms with van der Waals surface area (Å²) in [4.78, 5) is 13.7. The molecule has 0 atom stereocenters. The number of nitrogens with zero attached hydrogens (tertiary/aromatic N) is 2. The third-order valence-electron chi connectivity index (χ3n) is 5.76. The highest BCUT2D eigenvalue weighted by atomic mass is 35.5. The Balaban J connectivity index is 1.64. The lowest BCUT2D eigenvalue weighted by Gasteiger charge is -2.26. The number of morpholine rings is 1. The highest BCUT2D eigenvalue weighted by Crippen LogP contribution is 2.32. The van der Waals surface area contributed by atoms with Crippen LogP contribution in [0.1, 0.15) is 16.1 Å². The standard InChI is InChI=1S/C25H21ClN2O4S/c26-22-10-9-19(16-23(22)33(30,31)27-12-14-32-15-13-27)25(29)24-21(18-6-2-1-3-7-18)17-20-8-4-5-11-28(20)24/h1-11,16-17H,12-15H2. The van der Waals surface area contributed by atoms with Gasteiger partial charge in [0.05, 0.1) is 18.2 Å². The van der Waals surface area contributed by atoms with Crippen LogP contribution >= 0.6 is 11.6 Å². The quantitative estimate of drug-likeness (QED) is 0.394. The number of sulfonamides is 1. The molecule has 0 radical (unpaired) electrons. The van der Waals surface area contributed by atoms with E-state index in [1.165, 1.54) is 16.4 Å². The molecule has 0 N–H and O–H groups in total. The van der Waals surface area contributed by atoms with E-state index in [1.807, 2.05) is 65.2 Å². The zero-order valence-electron chi connectivity index (χ0n) is 17.6. The highest BCUT2D eigenvalue weighted by molar-refractivity contribution is 7.89. The SMILES string of the molecule is O=C(c1ccc(Cl)c(S(=O)(=O)N2CCOCC2)c1)c1c(-c2ccccc2)cc2ccccn12. The second kappa shape index (κ2) is 8.76. The molecular weight excluding hydrogens is 460 g/mol. The number of rotatable bonds is 5. The van der Waals surface area contributed by atoms with E-state index in [2.05, 4.69) is 0 Å². The minimum absolute atomic E-state index is 0.0703. The molecule has 1 aliphatic heterocycles. The third-order valence-corrected chi connectivity index (χ3v) is 8.14. The molecule has 0 amide bonds. The van der Waals surface area contributed by atoms with Crippen molar-refractivity contribution in [1.82, 2.24) is 8.71 Å². The van der Waals surface area contributed by atoms with Crippen LogP contribution in [0.5, 0.6) is 0 Å². The number of ether oxygens (including phenoxy) is 1. The minimum atomic E-state index is -3.86. The van der Waals surface area contributed by atoms with Gasteiger partial charge in [-0.25, -0.2) is 8.42 Å². The average molecular weight is 481 g/mol. The summed E-state index contributed by atoms with van der Waals surface area (Å²) in [6.07, 6.45) is 1.83. The summed E-state index contributed by atoms with van der Waals surface area (Å²) in [5.74, 6) is -0.282. The van der Waals surface area contributed by atoms with Gasteiger partial charge in [0.2, 0.25) is 15.8 Å². The Morgan fingerprint density at radius 2 is 1.64 bits per heavy atom. The van der Waals surface area contributed by atoms with Crippen LogP contribution in [0.15, 0.2) is 83.9 Å².